The van der Waals surface area contributed by atoms with E-state index in [9.17, 15) is 5.26 Å². The largest absolute Gasteiger partial charge is 0.277 e. The average Bonchev–Trinajstić information content (AvgIpc) is 3.10. The summed E-state index contributed by atoms with van der Waals surface area (Å²) in [4.78, 5) is 4.53. The van der Waals surface area contributed by atoms with E-state index >= 15 is 0 Å². The molecule has 2 aromatic carbocycles. The van der Waals surface area contributed by atoms with Gasteiger partial charge in [-0.3, -0.25) is 5.43 Å². The van der Waals surface area contributed by atoms with Crippen LogP contribution in [0.3, 0.4) is 0 Å². The summed E-state index contributed by atoms with van der Waals surface area (Å²) in [7, 11) is 0. The third-order valence-electron chi connectivity index (χ3n) is 3.78. The molecule has 0 spiro atoms. The molecule has 3 aromatic rings. The molecular formula is C19H16N4S. The second-order valence-electron chi connectivity index (χ2n) is 5.34. The van der Waals surface area contributed by atoms with Crippen LogP contribution in [0.25, 0.3) is 11.3 Å². The van der Waals surface area contributed by atoms with Crippen molar-refractivity contribution in [2.24, 2.45) is 5.10 Å². The van der Waals surface area contributed by atoms with Gasteiger partial charge in [0, 0.05) is 10.9 Å². The van der Waals surface area contributed by atoms with E-state index in [0.29, 0.717) is 5.01 Å². The molecular weight excluding hydrogens is 316 g/mol. The van der Waals surface area contributed by atoms with Gasteiger partial charge >= 0.3 is 0 Å². The van der Waals surface area contributed by atoms with Crippen LogP contribution in [0.5, 0.6) is 0 Å². The smallest absolute Gasteiger partial charge is 0.196 e. The topological polar surface area (TPSA) is 61.1 Å². The van der Waals surface area contributed by atoms with Gasteiger partial charge in [-0.05, 0) is 31.0 Å². The molecule has 0 saturated carbocycles. The highest BCUT2D eigenvalue weighted by Crippen LogP contribution is 2.22. The summed E-state index contributed by atoms with van der Waals surface area (Å²) in [5, 5.41) is 16.2. The number of benzene rings is 2. The third kappa shape index (κ3) is 3.34. The Bertz CT molecular complexity index is 920. The molecule has 118 valence electrons. The van der Waals surface area contributed by atoms with Gasteiger partial charge in [-0.2, -0.15) is 10.4 Å². The van der Waals surface area contributed by atoms with Crippen molar-refractivity contribution < 1.29 is 0 Å². The number of rotatable bonds is 4. The summed E-state index contributed by atoms with van der Waals surface area (Å²) >= 11 is 1.42. The zero-order valence-corrected chi connectivity index (χ0v) is 14.3. The van der Waals surface area contributed by atoms with Gasteiger partial charge in [-0.15, -0.1) is 11.3 Å². The van der Waals surface area contributed by atoms with Crippen molar-refractivity contribution in [1.82, 2.24) is 4.98 Å². The number of nitriles is 1. The van der Waals surface area contributed by atoms with Gasteiger partial charge in [0.25, 0.3) is 0 Å². The van der Waals surface area contributed by atoms with Crippen LogP contribution in [0, 0.1) is 25.2 Å². The van der Waals surface area contributed by atoms with Crippen LogP contribution in [-0.4, -0.2) is 10.7 Å². The Morgan fingerprint density at radius 3 is 2.67 bits per heavy atom. The number of hydrazone groups is 1. The summed E-state index contributed by atoms with van der Waals surface area (Å²) in [5.74, 6) is 0. The number of aromatic nitrogens is 1. The quantitative estimate of drug-likeness (QED) is 0.553. The van der Waals surface area contributed by atoms with E-state index in [2.05, 4.69) is 21.6 Å². The summed E-state index contributed by atoms with van der Waals surface area (Å²) in [6.07, 6.45) is 0. The van der Waals surface area contributed by atoms with Crippen LogP contribution >= 0.6 is 11.3 Å². The molecule has 1 heterocycles. The first kappa shape index (κ1) is 15.9. The number of nitrogens with one attached hydrogen (secondary N) is 1. The molecule has 24 heavy (non-hydrogen) atoms. The first-order chi connectivity index (χ1) is 11.7. The molecule has 0 radical (unpaired) electrons. The fourth-order valence-electron chi connectivity index (χ4n) is 2.23. The number of hydrogen-bond acceptors (Lipinski definition) is 5. The Labute approximate surface area is 145 Å². The Morgan fingerprint density at radius 2 is 1.92 bits per heavy atom. The standard InChI is InChI=1S/C19H16N4S/c1-13-7-6-10-16(14(13)2)22-23-17(11-20)19-21-18(12-24-19)15-8-4-3-5-9-15/h3-10,12,22H,1-2H3. The molecule has 1 aromatic heterocycles. The van der Waals surface area contributed by atoms with Crippen LogP contribution in [0.4, 0.5) is 5.69 Å². The van der Waals surface area contributed by atoms with Gasteiger partial charge in [-0.1, -0.05) is 42.5 Å². The summed E-state index contributed by atoms with van der Waals surface area (Å²) in [6, 6.07) is 18.0. The first-order valence-corrected chi connectivity index (χ1v) is 8.38. The molecule has 0 aliphatic carbocycles. The fraction of sp³-hybridized carbons (Fsp3) is 0.105. The van der Waals surface area contributed by atoms with Crippen molar-refractivity contribution >= 4 is 22.7 Å². The van der Waals surface area contributed by atoms with Crippen molar-refractivity contribution in [3.05, 3.63) is 70.0 Å². The molecule has 0 aliphatic heterocycles. The maximum atomic E-state index is 9.41. The number of nitrogens with zero attached hydrogens (tertiary/aromatic N) is 3. The summed E-state index contributed by atoms with van der Waals surface area (Å²) in [5.41, 5.74) is 8.32. The highest BCUT2D eigenvalue weighted by molar-refractivity contribution is 7.12. The molecule has 1 N–H and O–H groups in total. The molecule has 5 heteroatoms. The van der Waals surface area contributed by atoms with E-state index in [-0.39, 0.29) is 5.71 Å². The zero-order chi connectivity index (χ0) is 16.9. The lowest BCUT2D eigenvalue weighted by Gasteiger charge is -2.07. The van der Waals surface area contributed by atoms with Crippen LogP contribution in [-0.2, 0) is 0 Å². The fourth-order valence-corrected chi connectivity index (χ4v) is 3.00. The predicted molar refractivity (Wildman–Crippen MR) is 99.2 cm³/mol. The number of hydrogen-bond donors (Lipinski definition) is 1. The van der Waals surface area contributed by atoms with Gasteiger partial charge in [0.05, 0.1) is 11.4 Å². The van der Waals surface area contributed by atoms with Gasteiger partial charge in [0.2, 0.25) is 0 Å². The highest BCUT2D eigenvalue weighted by Gasteiger charge is 2.10. The summed E-state index contributed by atoms with van der Waals surface area (Å²) in [6.45, 7) is 4.07. The van der Waals surface area contributed by atoms with Crippen LogP contribution in [0.2, 0.25) is 0 Å². The molecule has 4 nitrogen and oxygen atoms in total. The Hall–Kier alpha value is -2.97. The van der Waals surface area contributed by atoms with Crippen molar-refractivity contribution in [1.29, 1.82) is 5.26 Å². The normalized spacial score (nSPS) is 11.1. The van der Waals surface area contributed by atoms with Crippen molar-refractivity contribution in [3.63, 3.8) is 0 Å². The average molecular weight is 332 g/mol. The minimum absolute atomic E-state index is 0.281. The molecule has 0 atom stereocenters. The monoisotopic (exact) mass is 332 g/mol. The van der Waals surface area contributed by atoms with Crippen LogP contribution in [0.15, 0.2) is 59.0 Å². The minimum atomic E-state index is 0.281. The van der Waals surface area contributed by atoms with Gasteiger partial charge in [0.15, 0.2) is 10.7 Å². The molecule has 0 bridgehead atoms. The molecule has 0 amide bonds. The van der Waals surface area contributed by atoms with Crippen LogP contribution < -0.4 is 5.43 Å². The molecule has 3 rings (SSSR count). The Balaban J connectivity index is 1.86. The molecule has 0 unspecified atom stereocenters. The van der Waals surface area contributed by atoms with Gasteiger partial charge in [0.1, 0.15) is 6.07 Å². The van der Waals surface area contributed by atoms with Crippen molar-refractivity contribution in [3.8, 4) is 17.3 Å². The number of thiazole rings is 1. The summed E-state index contributed by atoms with van der Waals surface area (Å²) < 4.78 is 0. The van der Waals surface area contributed by atoms with Crippen LogP contribution in [0.1, 0.15) is 16.1 Å². The third-order valence-corrected chi connectivity index (χ3v) is 4.62. The van der Waals surface area contributed by atoms with E-state index in [4.69, 9.17) is 0 Å². The molecule has 0 fully saturated rings. The first-order valence-electron chi connectivity index (χ1n) is 7.50. The SMILES string of the molecule is Cc1cccc(NN=C(C#N)c2nc(-c3ccccc3)cs2)c1C. The van der Waals surface area contributed by atoms with E-state index in [1.165, 1.54) is 16.9 Å². The lowest BCUT2D eigenvalue weighted by atomic mass is 10.1. The van der Waals surface area contributed by atoms with Gasteiger partial charge in [-0.25, -0.2) is 4.98 Å². The van der Waals surface area contributed by atoms with Crippen molar-refractivity contribution in [2.45, 2.75) is 13.8 Å². The highest BCUT2D eigenvalue weighted by atomic mass is 32.1. The second kappa shape index (κ2) is 7.07. The lowest BCUT2D eigenvalue weighted by Crippen LogP contribution is -2.02. The van der Waals surface area contributed by atoms with Crippen molar-refractivity contribution in [2.75, 3.05) is 5.43 Å². The Morgan fingerprint density at radius 1 is 1.12 bits per heavy atom. The van der Waals surface area contributed by atoms with Gasteiger partial charge < -0.3 is 0 Å². The van der Waals surface area contributed by atoms with E-state index < -0.39 is 0 Å². The zero-order valence-electron chi connectivity index (χ0n) is 13.4. The number of anilines is 1. The predicted octanol–water partition coefficient (Wildman–Crippen LogP) is 4.77. The molecule has 0 saturated heterocycles. The van der Waals surface area contributed by atoms with E-state index in [1.54, 1.807) is 0 Å². The van der Waals surface area contributed by atoms with E-state index in [0.717, 1.165) is 22.5 Å². The lowest BCUT2D eigenvalue weighted by molar-refractivity contribution is 1.26. The number of aryl methyl sites for hydroxylation is 1. The second-order valence-corrected chi connectivity index (χ2v) is 6.19. The molecule has 0 aliphatic rings. The minimum Gasteiger partial charge on any atom is -0.277 e. The maximum absolute atomic E-state index is 9.41. The Kier molecular flexibility index (Phi) is 4.69. The maximum Gasteiger partial charge on any atom is 0.196 e. The van der Waals surface area contributed by atoms with E-state index in [1.807, 2.05) is 67.8 Å².